The highest BCUT2D eigenvalue weighted by Crippen LogP contribution is 2.41. The lowest BCUT2D eigenvalue weighted by Crippen LogP contribution is -2.55. The number of carbonyl (C=O) groups is 5. The van der Waals surface area contributed by atoms with Crippen LogP contribution in [0.5, 0.6) is 0 Å². The molecule has 0 saturated heterocycles. The quantitative estimate of drug-likeness (QED) is 0.348. The molecule has 1 saturated carbocycles. The molecule has 38 heavy (non-hydrogen) atoms. The minimum absolute atomic E-state index is 0.0170. The summed E-state index contributed by atoms with van der Waals surface area (Å²) in [6.45, 7) is 10.7. The molecule has 4 atom stereocenters. The fraction of sp³-hybridized carbons (Fsp3) is 0.593. The third-order valence-electron chi connectivity index (χ3n) is 6.02. The number of amides is 4. The van der Waals surface area contributed by atoms with E-state index in [0.29, 0.717) is 12.0 Å². The fourth-order valence-corrected chi connectivity index (χ4v) is 4.13. The van der Waals surface area contributed by atoms with Crippen molar-refractivity contribution in [2.45, 2.75) is 84.5 Å². The Labute approximate surface area is 223 Å². The van der Waals surface area contributed by atoms with Crippen LogP contribution in [0.2, 0.25) is 0 Å². The Kier molecular flexibility index (Phi) is 10.7. The number of alkyl carbamates (subject to hydrolysis) is 1. The van der Waals surface area contributed by atoms with Crippen molar-refractivity contribution in [3.63, 3.8) is 0 Å². The number of nitrogens with one attached hydrogen (secondary N) is 2. The molecule has 1 aliphatic rings. The fourth-order valence-electron chi connectivity index (χ4n) is 4.13. The normalized spacial score (nSPS) is 17.9. The minimum Gasteiger partial charge on any atom is -0.466 e. The van der Waals surface area contributed by atoms with Gasteiger partial charge < -0.3 is 30.7 Å². The summed E-state index contributed by atoms with van der Waals surface area (Å²) >= 11 is 0. The number of nitrogens with two attached hydrogens (primary N) is 1. The van der Waals surface area contributed by atoms with Crippen LogP contribution in [0.4, 0.5) is 4.79 Å². The molecule has 0 aromatic heterocycles. The monoisotopic (exact) mass is 532 g/mol. The van der Waals surface area contributed by atoms with Gasteiger partial charge in [0.1, 0.15) is 17.7 Å². The van der Waals surface area contributed by atoms with Gasteiger partial charge in [-0.05, 0) is 58.1 Å². The number of esters is 1. The number of hydrogen-bond donors (Lipinski definition) is 3. The van der Waals surface area contributed by atoms with Crippen LogP contribution in [0.1, 0.15) is 71.0 Å². The topological polar surface area (TPSA) is 157 Å². The van der Waals surface area contributed by atoms with Crippen LogP contribution in [-0.2, 0) is 28.7 Å². The molecule has 0 aliphatic heterocycles. The molecule has 0 heterocycles. The zero-order chi connectivity index (χ0) is 28.6. The molecule has 11 nitrogen and oxygen atoms in total. The molecule has 11 heteroatoms. The summed E-state index contributed by atoms with van der Waals surface area (Å²) in [5, 5.41) is 5.21. The van der Waals surface area contributed by atoms with Gasteiger partial charge in [-0.3, -0.25) is 19.2 Å². The average Bonchev–Trinajstić information content (AvgIpc) is 3.51. The van der Waals surface area contributed by atoms with Crippen LogP contribution < -0.4 is 16.4 Å². The first-order chi connectivity index (χ1) is 17.7. The third kappa shape index (κ3) is 9.04. The summed E-state index contributed by atoms with van der Waals surface area (Å²) in [5.41, 5.74) is 5.94. The molecular weight excluding hydrogens is 492 g/mol. The highest BCUT2D eigenvalue weighted by atomic mass is 16.6. The maximum Gasteiger partial charge on any atom is 0.408 e. The molecule has 0 spiro atoms. The summed E-state index contributed by atoms with van der Waals surface area (Å²) < 4.78 is 10.2. The summed E-state index contributed by atoms with van der Waals surface area (Å²) in [6.07, 6.45) is -0.744. The van der Waals surface area contributed by atoms with Crippen molar-refractivity contribution in [2.75, 3.05) is 13.2 Å². The van der Waals surface area contributed by atoms with Gasteiger partial charge in [0, 0.05) is 12.6 Å². The Hall–Kier alpha value is -3.63. The van der Waals surface area contributed by atoms with E-state index in [4.69, 9.17) is 15.2 Å². The van der Waals surface area contributed by atoms with Crippen molar-refractivity contribution >= 4 is 29.8 Å². The lowest BCUT2D eigenvalue weighted by Gasteiger charge is -2.35. The molecule has 1 aromatic rings. The van der Waals surface area contributed by atoms with E-state index in [9.17, 15) is 24.0 Å². The SMILES string of the molecule is CCOC(=O)CCNC(=O)C(c1ccccc1C)N(C(=O)C(CC(N)=O)NC(=O)OC(C)(C)C)C1CC1C. The maximum atomic E-state index is 14.0. The van der Waals surface area contributed by atoms with Gasteiger partial charge in [-0.15, -0.1) is 0 Å². The van der Waals surface area contributed by atoms with Gasteiger partial charge in [0.15, 0.2) is 0 Å². The van der Waals surface area contributed by atoms with Gasteiger partial charge in [0.05, 0.1) is 19.4 Å². The van der Waals surface area contributed by atoms with E-state index in [0.717, 1.165) is 5.56 Å². The van der Waals surface area contributed by atoms with Crippen molar-refractivity contribution in [3.05, 3.63) is 35.4 Å². The summed E-state index contributed by atoms with van der Waals surface area (Å²) in [4.78, 5) is 65.2. The van der Waals surface area contributed by atoms with Crippen LogP contribution in [0.3, 0.4) is 0 Å². The first kappa shape index (κ1) is 30.6. The smallest absolute Gasteiger partial charge is 0.408 e. The molecule has 4 N–H and O–H groups in total. The third-order valence-corrected chi connectivity index (χ3v) is 6.02. The van der Waals surface area contributed by atoms with Crippen molar-refractivity contribution in [1.82, 2.24) is 15.5 Å². The Balaban J connectivity index is 2.44. The maximum absolute atomic E-state index is 14.0. The van der Waals surface area contributed by atoms with E-state index in [1.165, 1.54) is 4.90 Å². The molecule has 0 bridgehead atoms. The van der Waals surface area contributed by atoms with Crippen molar-refractivity contribution in [2.24, 2.45) is 11.7 Å². The van der Waals surface area contributed by atoms with Gasteiger partial charge in [0.25, 0.3) is 0 Å². The van der Waals surface area contributed by atoms with Crippen LogP contribution >= 0.6 is 0 Å². The molecule has 1 fully saturated rings. The Morgan fingerprint density at radius 1 is 1.16 bits per heavy atom. The first-order valence-corrected chi connectivity index (χ1v) is 12.8. The van der Waals surface area contributed by atoms with Gasteiger partial charge in [-0.2, -0.15) is 0 Å². The molecule has 4 unspecified atom stereocenters. The predicted molar refractivity (Wildman–Crippen MR) is 140 cm³/mol. The van der Waals surface area contributed by atoms with Crippen LogP contribution in [0, 0.1) is 12.8 Å². The van der Waals surface area contributed by atoms with E-state index < -0.39 is 53.9 Å². The van der Waals surface area contributed by atoms with Gasteiger partial charge in [-0.25, -0.2) is 4.79 Å². The minimum atomic E-state index is -1.34. The standard InChI is InChI=1S/C27H40N4O7/c1-7-37-22(33)12-13-29-24(34)23(18-11-9-8-10-16(18)2)31(20-14-17(20)3)25(35)19(15-21(28)32)30-26(36)38-27(4,5)6/h8-11,17,19-20,23H,7,12-15H2,1-6H3,(H2,28,32)(H,29,34)(H,30,36). The van der Waals surface area contributed by atoms with Gasteiger partial charge in [-0.1, -0.05) is 31.2 Å². The lowest BCUT2D eigenvalue weighted by molar-refractivity contribution is -0.145. The molecule has 1 aliphatic carbocycles. The zero-order valence-electron chi connectivity index (χ0n) is 23.0. The Morgan fingerprint density at radius 3 is 2.32 bits per heavy atom. The number of hydrogen-bond acceptors (Lipinski definition) is 7. The van der Waals surface area contributed by atoms with E-state index in [1.54, 1.807) is 39.8 Å². The van der Waals surface area contributed by atoms with Crippen molar-refractivity contribution in [3.8, 4) is 0 Å². The molecule has 0 radical (unpaired) electrons. The second-order valence-electron chi connectivity index (χ2n) is 10.5. The molecule has 1 aromatic carbocycles. The summed E-state index contributed by atoms with van der Waals surface area (Å²) in [7, 11) is 0. The number of rotatable bonds is 12. The highest BCUT2D eigenvalue weighted by molar-refractivity contribution is 5.95. The number of nitrogens with zero attached hydrogens (tertiary/aromatic N) is 1. The number of primary amides is 1. The Bertz CT molecular complexity index is 1040. The predicted octanol–water partition coefficient (Wildman–Crippen LogP) is 2.11. The van der Waals surface area contributed by atoms with E-state index in [-0.39, 0.29) is 31.5 Å². The number of carbonyl (C=O) groups excluding carboxylic acids is 5. The number of aryl methyl sites for hydroxylation is 1. The Morgan fingerprint density at radius 2 is 1.79 bits per heavy atom. The second kappa shape index (κ2) is 13.3. The molecule has 210 valence electrons. The van der Waals surface area contributed by atoms with E-state index >= 15 is 0 Å². The molecular formula is C27H40N4O7. The largest absolute Gasteiger partial charge is 0.466 e. The molecule has 2 rings (SSSR count). The number of ether oxygens (including phenoxy) is 2. The van der Waals surface area contributed by atoms with Crippen molar-refractivity contribution < 1.29 is 33.4 Å². The first-order valence-electron chi connectivity index (χ1n) is 12.8. The average molecular weight is 533 g/mol. The second-order valence-corrected chi connectivity index (χ2v) is 10.5. The highest BCUT2D eigenvalue weighted by Gasteiger charge is 2.48. The van der Waals surface area contributed by atoms with E-state index in [1.807, 2.05) is 26.0 Å². The van der Waals surface area contributed by atoms with Gasteiger partial charge in [0.2, 0.25) is 17.7 Å². The van der Waals surface area contributed by atoms with Crippen LogP contribution in [0.15, 0.2) is 24.3 Å². The lowest BCUT2D eigenvalue weighted by atomic mass is 9.97. The van der Waals surface area contributed by atoms with Crippen LogP contribution in [0.25, 0.3) is 0 Å². The summed E-state index contributed by atoms with van der Waals surface area (Å²) in [5.74, 6) is -2.28. The summed E-state index contributed by atoms with van der Waals surface area (Å²) in [6, 6.07) is 4.44. The molecule has 4 amide bonds. The number of benzene rings is 1. The van der Waals surface area contributed by atoms with E-state index in [2.05, 4.69) is 10.6 Å². The van der Waals surface area contributed by atoms with Crippen LogP contribution in [-0.4, -0.2) is 65.5 Å². The van der Waals surface area contributed by atoms with Crippen molar-refractivity contribution in [1.29, 1.82) is 0 Å². The van der Waals surface area contributed by atoms with Gasteiger partial charge >= 0.3 is 12.1 Å². The zero-order valence-corrected chi connectivity index (χ0v) is 23.0.